The Kier molecular flexibility index (Phi) is 4.43. The van der Waals surface area contributed by atoms with Crippen molar-refractivity contribution < 1.29 is 9.52 Å². The van der Waals surface area contributed by atoms with E-state index < -0.39 is 0 Å². The first-order chi connectivity index (χ1) is 14.1. The molecule has 6 nitrogen and oxygen atoms in total. The van der Waals surface area contributed by atoms with Crippen molar-refractivity contribution in [3.63, 3.8) is 0 Å². The van der Waals surface area contributed by atoms with Gasteiger partial charge in [-0.05, 0) is 49.6 Å². The van der Waals surface area contributed by atoms with Crippen molar-refractivity contribution >= 4 is 28.6 Å². The number of rotatable bonds is 4. The van der Waals surface area contributed by atoms with Gasteiger partial charge in [0.15, 0.2) is 17.3 Å². The van der Waals surface area contributed by atoms with Crippen LogP contribution in [0.4, 0.5) is 5.82 Å². The molecule has 2 aliphatic rings. The first kappa shape index (κ1) is 18.1. The molecular formula is C23H24N4O2. The number of hydrogen-bond acceptors (Lipinski definition) is 6. The first-order valence-corrected chi connectivity index (χ1v) is 10.2. The fourth-order valence-electron chi connectivity index (χ4n) is 4.29. The van der Waals surface area contributed by atoms with E-state index in [2.05, 4.69) is 40.0 Å². The number of nitrogens with zero attached hydrogens (tertiary/aromatic N) is 4. The van der Waals surface area contributed by atoms with Gasteiger partial charge in [-0.15, -0.1) is 10.2 Å². The average molecular weight is 388 g/mol. The molecule has 0 spiro atoms. The highest BCUT2D eigenvalue weighted by atomic mass is 16.4. The zero-order valence-corrected chi connectivity index (χ0v) is 16.7. The molecule has 1 N–H and O–H groups in total. The van der Waals surface area contributed by atoms with E-state index in [1.807, 2.05) is 18.2 Å². The first-order valence-electron chi connectivity index (χ1n) is 10.2. The molecule has 1 saturated heterocycles. The predicted octanol–water partition coefficient (Wildman–Crippen LogP) is 5.67. The summed E-state index contributed by atoms with van der Waals surface area (Å²) in [6, 6.07) is 7.76. The molecule has 2 aliphatic heterocycles. The van der Waals surface area contributed by atoms with E-state index in [1.54, 1.807) is 12.3 Å². The molecule has 6 heteroatoms. The van der Waals surface area contributed by atoms with Gasteiger partial charge in [0.1, 0.15) is 11.3 Å². The number of azo groups is 1. The van der Waals surface area contributed by atoms with E-state index in [4.69, 9.17) is 4.42 Å². The maximum Gasteiger partial charge on any atom is 0.183 e. The van der Waals surface area contributed by atoms with Gasteiger partial charge in [-0.25, -0.2) is 4.98 Å². The van der Waals surface area contributed by atoms with Crippen molar-refractivity contribution in [2.75, 3.05) is 13.1 Å². The number of benzene rings is 1. The fraction of sp³-hybridized carbons (Fsp3) is 0.348. The summed E-state index contributed by atoms with van der Waals surface area (Å²) >= 11 is 0. The number of pyridine rings is 1. The summed E-state index contributed by atoms with van der Waals surface area (Å²) in [5.74, 6) is 1.92. The molecule has 0 amide bonds. The fourth-order valence-corrected chi connectivity index (χ4v) is 4.29. The number of hydrogen-bond donors (Lipinski definition) is 1. The monoisotopic (exact) mass is 388 g/mol. The highest BCUT2D eigenvalue weighted by Gasteiger charge is 2.24. The van der Waals surface area contributed by atoms with Crippen molar-refractivity contribution in [3.05, 3.63) is 52.9 Å². The lowest BCUT2D eigenvalue weighted by atomic mass is 10.0. The number of fused-ring (bicyclic) bond motifs is 2. The maximum atomic E-state index is 10.8. The lowest BCUT2D eigenvalue weighted by Gasteiger charge is -2.17. The van der Waals surface area contributed by atoms with Crippen molar-refractivity contribution in [1.82, 2.24) is 9.88 Å². The standard InChI is InChI=1S/C23H24N4O2/c1-3-15-8-10-27(12-15)13-18-14(2)6-7-17-21(28)20(29-22(17)18)11-19-16-5-4-9-24-23(16)26-25-19/h4-7,9,11,15,28H,3,8,10,12-13H2,1-2H3/t15-/m0/s1. The molecule has 148 valence electrons. The smallest absolute Gasteiger partial charge is 0.183 e. The zero-order chi connectivity index (χ0) is 20.0. The molecule has 5 rings (SSSR count). The molecule has 1 aromatic carbocycles. The van der Waals surface area contributed by atoms with Crippen LogP contribution in [0.1, 0.15) is 42.2 Å². The van der Waals surface area contributed by atoms with Crippen LogP contribution in [0.3, 0.4) is 0 Å². The average Bonchev–Trinajstić information content (AvgIpc) is 3.43. The van der Waals surface area contributed by atoms with Crippen LogP contribution >= 0.6 is 0 Å². The molecule has 1 atom stereocenters. The van der Waals surface area contributed by atoms with Crippen molar-refractivity contribution in [2.45, 2.75) is 33.2 Å². The summed E-state index contributed by atoms with van der Waals surface area (Å²) in [4.78, 5) is 6.70. The van der Waals surface area contributed by atoms with Crippen LogP contribution in [-0.2, 0) is 6.54 Å². The Bertz CT molecular complexity index is 1150. The number of furan rings is 1. The maximum absolute atomic E-state index is 10.8. The molecule has 4 heterocycles. The summed E-state index contributed by atoms with van der Waals surface area (Å²) in [6.07, 6.45) is 5.92. The van der Waals surface area contributed by atoms with Crippen LogP contribution < -0.4 is 0 Å². The molecule has 29 heavy (non-hydrogen) atoms. The third-order valence-corrected chi connectivity index (χ3v) is 6.11. The Hall–Kier alpha value is -2.99. The lowest BCUT2D eigenvalue weighted by molar-refractivity contribution is 0.314. The van der Waals surface area contributed by atoms with Gasteiger partial charge in [0.05, 0.1) is 5.39 Å². The molecule has 2 aromatic heterocycles. The third kappa shape index (κ3) is 3.13. The van der Waals surface area contributed by atoms with Crippen LogP contribution in [0.2, 0.25) is 0 Å². The van der Waals surface area contributed by atoms with Gasteiger partial charge in [0.2, 0.25) is 0 Å². The van der Waals surface area contributed by atoms with Gasteiger partial charge >= 0.3 is 0 Å². The van der Waals surface area contributed by atoms with Crippen molar-refractivity contribution in [3.8, 4) is 5.75 Å². The Morgan fingerprint density at radius 2 is 2.17 bits per heavy atom. The topological polar surface area (TPSA) is 74.2 Å². The Morgan fingerprint density at radius 3 is 3.00 bits per heavy atom. The largest absolute Gasteiger partial charge is 0.504 e. The van der Waals surface area contributed by atoms with Gasteiger partial charge in [-0.3, -0.25) is 4.90 Å². The van der Waals surface area contributed by atoms with Crippen molar-refractivity contribution in [2.24, 2.45) is 16.1 Å². The van der Waals surface area contributed by atoms with Gasteiger partial charge in [-0.2, -0.15) is 0 Å². The van der Waals surface area contributed by atoms with Crippen LogP contribution in [-0.4, -0.2) is 28.1 Å². The Morgan fingerprint density at radius 1 is 1.28 bits per heavy atom. The minimum absolute atomic E-state index is 0.147. The SMILES string of the molecule is CC[C@H]1CCN(Cc2c(C)ccc3c(O)c(C=C4N=Nc5ncccc54)oc23)C1. The summed E-state index contributed by atoms with van der Waals surface area (Å²) in [7, 11) is 0. The van der Waals surface area contributed by atoms with E-state index in [0.717, 1.165) is 47.6 Å². The highest BCUT2D eigenvalue weighted by Crippen LogP contribution is 2.40. The second-order valence-electron chi connectivity index (χ2n) is 7.95. The van der Waals surface area contributed by atoms with Crippen LogP contribution in [0.5, 0.6) is 5.75 Å². The summed E-state index contributed by atoms with van der Waals surface area (Å²) < 4.78 is 6.18. The second-order valence-corrected chi connectivity index (χ2v) is 7.95. The molecule has 0 bridgehead atoms. The van der Waals surface area contributed by atoms with Gasteiger partial charge in [0.25, 0.3) is 0 Å². The van der Waals surface area contributed by atoms with Gasteiger partial charge in [-0.1, -0.05) is 19.4 Å². The highest BCUT2D eigenvalue weighted by molar-refractivity contribution is 5.94. The predicted molar refractivity (Wildman–Crippen MR) is 113 cm³/mol. The second kappa shape index (κ2) is 7.12. The van der Waals surface area contributed by atoms with E-state index in [1.165, 1.54) is 18.4 Å². The zero-order valence-electron chi connectivity index (χ0n) is 16.7. The molecular weight excluding hydrogens is 364 g/mol. The van der Waals surface area contributed by atoms with E-state index >= 15 is 0 Å². The number of aromatic hydroxyl groups is 1. The Balaban J connectivity index is 1.54. The Labute approximate surface area is 169 Å². The summed E-state index contributed by atoms with van der Waals surface area (Å²) in [5, 5.41) is 19.8. The van der Waals surface area contributed by atoms with E-state index in [9.17, 15) is 5.11 Å². The van der Waals surface area contributed by atoms with Crippen LogP contribution in [0, 0.1) is 12.8 Å². The van der Waals surface area contributed by atoms with E-state index in [-0.39, 0.29) is 5.75 Å². The van der Waals surface area contributed by atoms with Gasteiger partial charge < -0.3 is 9.52 Å². The van der Waals surface area contributed by atoms with E-state index in [0.29, 0.717) is 17.3 Å². The van der Waals surface area contributed by atoms with Crippen LogP contribution in [0.25, 0.3) is 22.7 Å². The van der Waals surface area contributed by atoms with Crippen molar-refractivity contribution in [1.29, 1.82) is 0 Å². The quantitative estimate of drug-likeness (QED) is 0.625. The lowest BCUT2D eigenvalue weighted by Crippen LogP contribution is -2.20. The number of likely N-dealkylation sites (tertiary alicyclic amines) is 1. The van der Waals surface area contributed by atoms with Gasteiger partial charge in [0, 0.05) is 36.5 Å². The summed E-state index contributed by atoms with van der Waals surface area (Å²) in [5.41, 5.74) is 4.57. The minimum atomic E-state index is 0.147. The van der Waals surface area contributed by atoms with Crippen LogP contribution in [0.15, 0.2) is 45.1 Å². The molecule has 3 aromatic rings. The molecule has 0 radical (unpaired) electrons. The molecule has 0 aliphatic carbocycles. The normalized spacial score (nSPS) is 20.2. The molecule has 1 fully saturated rings. The number of aromatic nitrogens is 1. The third-order valence-electron chi connectivity index (χ3n) is 6.11. The minimum Gasteiger partial charge on any atom is -0.504 e. The number of aryl methyl sites for hydroxylation is 1. The molecule has 0 unspecified atom stereocenters. The molecule has 0 saturated carbocycles. The summed E-state index contributed by atoms with van der Waals surface area (Å²) in [6.45, 7) is 7.45.